The van der Waals surface area contributed by atoms with Gasteiger partial charge in [-0.1, -0.05) is 43.7 Å². The number of hydrogen-bond donors (Lipinski definition) is 1. The van der Waals surface area contributed by atoms with Crippen LogP contribution in [0.3, 0.4) is 0 Å². The van der Waals surface area contributed by atoms with Gasteiger partial charge in [-0.15, -0.1) is 0 Å². The van der Waals surface area contributed by atoms with E-state index < -0.39 is 12.1 Å². The van der Waals surface area contributed by atoms with E-state index in [0.717, 1.165) is 29.7 Å². The van der Waals surface area contributed by atoms with Crippen molar-refractivity contribution < 1.29 is 14.3 Å². The summed E-state index contributed by atoms with van der Waals surface area (Å²) in [6, 6.07) is 9.67. The fraction of sp³-hybridized carbons (Fsp3) is 0.409. The van der Waals surface area contributed by atoms with Gasteiger partial charge in [0.05, 0.1) is 12.5 Å². The Bertz CT molecular complexity index is 1030. The zero-order valence-corrected chi connectivity index (χ0v) is 17.8. The van der Waals surface area contributed by atoms with E-state index in [1.165, 1.54) is 6.33 Å². The van der Waals surface area contributed by atoms with Crippen LogP contribution in [-0.4, -0.2) is 37.6 Å². The summed E-state index contributed by atoms with van der Waals surface area (Å²) in [6.07, 6.45) is 2.25. The number of ether oxygens (including phenoxy) is 1. The minimum Gasteiger partial charge on any atom is -0.452 e. The molecule has 1 aromatic carbocycles. The van der Waals surface area contributed by atoms with Gasteiger partial charge >= 0.3 is 5.97 Å². The monoisotopic (exact) mass is 409 g/mol. The number of fused-ring (bicyclic) bond motifs is 1. The number of nitrogens with zero attached hydrogens (tertiary/aromatic N) is 4. The van der Waals surface area contributed by atoms with Gasteiger partial charge in [0.2, 0.25) is 0 Å². The summed E-state index contributed by atoms with van der Waals surface area (Å²) < 4.78 is 6.99. The van der Waals surface area contributed by atoms with E-state index in [1.54, 1.807) is 11.4 Å². The van der Waals surface area contributed by atoms with Crippen LogP contribution in [0.1, 0.15) is 55.2 Å². The summed E-state index contributed by atoms with van der Waals surface area (Å²) in [4.78, 5) is 33.6. The lowest BCUT2D eigenvalue weighted by atomic mass is 10.0. The molecule has 0 spiro atoms. The van der Waals surface area contributed by atoms with E-state index in [0.29, 0.717) is 11.5 Å². The SMILES string of the molecule is CCC[C@@H](NC(=O)[C@H](C)OC(=O)Cc1c(C)nc2ncnn2c1C)c1ccccc1. The Hall–Kier alpha value is -3.29. The van der Waals surface area contributed by atoms with Crippen LogP contribution in [0.25, 0.3) is 5.78 Å². The number of nitrogens with one attached hydrogen (secondary N) is 1. The van der Waals surface area contributed by atoms with E-state index >= 15 is 0 Å². The molecule has 3 rings (SSSR count). The van der Waals surface area contributed by atoms with Crippen molar-refractivity contribution in [3.05, 3.63) is 59.2 Å². The van der Waals surface area contributed by atoms with Crippen LogP contribution in [0.15, 0.2) is 36.7 Å². The van der Waals surface area contributed by atoms with Crippen molar-refractivity contribution in [2.45, 2.75) is 59.1 Å². The molecular weight excluding hydrogens is 382 g/mol. The van der Waals surface area contributed by atoms with Crippen LogP contribution < -0.4 is 5.32 Å². The standard InChI is InChI=1S/C22H27N5O3/c1-5-9-19(17-10-7-6-8-11-17)26-21(29)16(4)30-20(28)12-18-14(2)25-22-23-13-24-27(22)15(18)3/h6-8,10-11,13,16,19H,5,9,12H2,1-4H3,(H,26,29)/t16-,19+/m0/s1. The van der Waals surface area contributed by atoms with Crippen LogP contribution in [0.5, 0.6) is 0 Å². The van der Waals surface area contributed by atoms with Crippen molar-refractivity contribution in [1.29, 1.82) is 0 Å². The molecule has 0 bridgehead atoms. The molecule has 2 heterocycles. The van der Waals surface area contributed by atoms with Crippen LogP contribution in [0.4, 0.5) is 0 Å². The summed E-state index contributed by atoms with van der Waals surface area (Å²) in [6.45, 7) is 7.32. The molecule has 158 valence electrons. The zero-order chi connectivity index (χ0) is 21.7. The van der Waals surface area contributed by atoms with Crippen LogP contribution in [-0.2, 0) is 20.7 Å². The maximum absolute atomic E-state index is 12.6. The van der Waals surface area contributed by atoms with Crippen molar-refractivity contribution in [2.24, 2.45) is 0 Å². The first-order valence-electron chi connectivity index (χ1n) is 10.1. The topological polar surface area (TPSA) is 98.5 Å². The maximum Gasteiger partial charge on any atom is 0.311 e. The Morgan fingerprint density at radius 1 is 1.20 bits per heavy atom. The molecule has 1 amide bonds. The molecule has 0 fully saturated rings. The molecule has 3 aromatic rings. The second-order valence-electron chi connectivity index (χ2n) is 7.30. The number of aromatic nitrogens is 4. The number of aryl methyl sites for hydroxylation is 2. The van der Waals surface area contributed by atoms with E-state index in [4.69, 9.17) is 4.74 Å². The average Bonchev–Trinajstić information content (AvgIpc) is 3.19. The molecule has 0 aliphatic heterocycles. The van der Waals surface area contributed by atoms with Gasteiger partial charge in [-0.3, -0.25) is 9.59 Å². The quantitative estimate of drug-likeness (QED) is 0.575. The molecule has 2 aromatic heterocycles. The van der Waals surface area contributed by atoms with Gasteiger partial charge in [0.25, 0.3) is 11.7 Å². The first kappa shape index (κ1) is 21.4. The van der Waals surface area contributed by atoms with Crippen LogP contribution in [0.2, 0.25) is 0 Å². The van der Waals surface area contributed by atoms with Gasteiger partial charge in [0, 0.05) is 17.0 Å². The first-order chi connectivity index (χ1) is 14.4. The van der Waals surface area contributed by atoms with Gasteiger partial charge in [-0.05, 0) is 32.8 Å². The van der Waals surface area contributed by atoms with E-state index in [9.17, 15) is 9.59 Å². The molecule has 0 unspecified atom stereocenters. The molecule has 0 saturated carbocycles. The molecule has 8 nitrogen and oxygen atoms in total. The van der Waals surface area contributed by atoms with Gasteiger partial charge < -0.3 is 10.1 Å². The van der Waals surface area contributed by atoms with Crippen LogP contribution in [0, 0.1) is 13.8 Å². The predicted molar refractivity (Wildman–Crippen MR) is 112 cm³/mol. The maximum atomic E-state index is 12.6. The van der Waals surface area contributed by atoms with Crippen molar-refractivity contribution in [1.82, 2.24) is 24.9 Å². The Labute approximate surface area is 175 Å². The molecule has 0 radical (unpaired) electrons. The third kappa shape index (κ3) is 4.82. The Kier molecular flexibility index (Phi) is 6.76. The smallest absolute Gasteiger partial charge is 0.311 e. The zero-order valence-electron chi connectivity index (χ0n) is 17.8. The highest BCUT2D eigenvalue weighted by Gasteiger charge is 2.23. The van der Waals surface area contributed by atoms with E-state index in [1.807, 2.05) is 44.2 Å². The van der Waals surface area contributed by atoms with Crippen molar-refractivity contribution in [3.63, 3.8) is 0 Å². The molecule has 0 aliphatic carbocycles. The molecule has 0 aliphatic rings. The summed E-state index contributed by atoms with van der Waals surface area (Å²) in [7, 11) is 0. The van der Waals surface area contributed by atoms with E-state index in [2.05, 4.69) is 27.3 Å². The molecule has 0 saturated heterocycles. The highest BCUT2D eigenvalue weighted by Crippen LogP contribution is 2.19. The van der Waals surface area contributed by atoms with Crippen LogP contribution >= 0.6 is 0 Å². The van der Waals surface area contributed by atoms with Crippen molar-refractivity contribution in [3.8, 4) is 0 Å². The highest BCUT2D eigenvalue weighted by atomic mass is 16.5. The number of amides is 1. The normalized spacial score (nSPS) is 13.1. The fourth-order valence-corrected chi connectivity index (χ4v) is 3.43. The lowest BCUT2D eigenvalue weighted by Gasteiger charge is -2.21. The number of hydrogen-bond acceptors (Lipinski definition) is 6. The van der Waals surface area contributed by atoms with Gasteiger partial charge in [-0.2, -0.15) is 10.1 Å². The molecule has 8 heteroatoms. The largest absolute Gasteiger partial charge is 0.452 e. The first-order valence-corrected chi connectivity index (χ1v) is 10.1. The Balaban J connectivity index is 1.64. The fourth-order valence-electron chi connectivity index (χ4n) is 3.43. The number of carbonyl (C=O) groups excluding carboxylic acids is 2. The number of carbonyl (C=O) groups is 2. The third-order valence-corrected chi connectivity index (χ3v) is 5.08. The molecule has 1 N–H and O–H groups in total. The van der Waals surface area contributed by atoms with Gasteiger partial charge in [-0.25, -0.2) is 9.50 Å². The molecular formula is C22H27N5O3. The van der Waals surface area contributed by atoms with Crippen molar-refractivity contribution in [2.75, 3.05) is 0 Å². The van der Waals surface area contributed by atoms with Gasteiger partial charge in [0.1, 0.15) is 6.33 Å². The third-order valence-electron chi connectivity index (χ3n) is 5.08. The summed E-state index contributed by atoms with van der Waals surface area (Å²) in [5.74, 6) is -0.321. The number of rotatable bonds is 8. The molecule has 2 atom stereocenters. The van der Waals surface area contributed by atoms with Crippen molar-refractivity contribution >= 4 is 17.7 Å². The Morgan fingerprint density at radius 2 is 1.93 bits per heavy atom. The Morgan fingerprint density at radius 3 is 2.63 bits per heavy atom. The summed E-state index contributed by atoms with van der Waals surface area (Å²) in [5.41, 5.74) is 3.22. The molecule has 30 heavy (non-hydrogen) atoms. The lowest BCUT2D eigenvalue weighted by Crippen LogP contribution is -2.38. The summed E-state index contributed by atoms with van der Waals surface area (Å²) in [5, 5.41) is 7.12. The average molecular weight is 409 g/mol. The lowest BCUT2D eigenvalue weighted by molar-refractivity contribution is -0.154. The minimum atomic E-state index is -0.899. The van der Waals surface area contributed by atoms with Gasteiger partial charge in [0.15, 0.2) is 6.10 Å². The second-order valence-corrected chi connectivity index (χ2v) is 7.30. The highest BCUT2D eigenvalue weighted by molar-refractivity contribution is 5.84. The number of benzene rings is 1. The van der Waals surface area contributed by atoms with E-state index in [-0.39, 0.29) is 18.4 Å². The number of esters is 1. The minimum absolute atomic E-state index is 0.00909. The predicted octanol–water partition coefficient (Wildman–Crippen LogP) is 2.87. The second kappa shape index (κ2) is 9.47. The summed E-state index contributed by atoms with van der Waals surface area (Å²) >= 11 is 0.